The van der Waals surface area contributed by atoms with E-state index in [9.17, 15) is 4.39 Å². The highest BCUT2D eigenvalue weighted by molar-refractivity contribution is 9.10. The molecule has 5 heteroatoms. The average Bonchev–Trinajstić information content (AvgIpc) is 2.86. The Morgan fingerprint density at radius 3 is 2.86 bits per heavy atom. The molecular formula is C16H21BrFN3. The Morgan fingerprint density at radius 2 is 2.24 bits per heavy atom. The van der Waals surface area contributed by atoms with Crippen LogP contribution in [0.15, 0.2) is 35.1 Å². The summed E-state index contributed by atoms with van der Waals surface area (Å²) >= 11 is 3.47. The fourth-order valence-electron chi connectivity index (χ4n) is 2.42. The van der Waals surface area contributed by atoms with Crippen molar-refractivity contribution < 1.29 is 4.39 Å². The molecule has 0 amide bonds. The lowest BCUT2D eigenvalue weighted by Gasteiger charge is -2.21. The lowest BCUT2D eigenvalue weighted by molar-refractivity contribution is 0.466. The molecule has 114 valence electrons. The summed E-state index contributed by atoms with van der Waals surface area (Å²) in [6.45, 7) is 2.98. The number of aromatic nitrogens is 2. The van der Waals surface area contributed by atoms with Crippen LogP contribution in [-0.2, 0) is 13.5 Å². The molecule has 2 aromatic rings. The van der Waals surface area contributed by atoms with Gasteiger partial charge >= 0.3 is 0 Å². The maximum Gasteiger partial charge on any atom is 0.129 e. The van der Waals surface area contributed by atoms with Crippen LogP contribution in [0.3, 0.4) is 0 Å². The van der Waals surface area contributed by atoms with Crippen molar-refractivity contribution in [3.05, 3.63) is 52.3 Å². The number of rotatable bonds is 7. The Morgan fingerprint density at radius 1 is 1.43 bits per heavy atom. The lowest BCUT2D eigenvalue weighted by atomic mass is 10.0. The maximum atomic E-state index is 14.2. The summed E-state index contributed by atoms with van der Waals surface area (Å²) in [6, 6.07) is 5.11. The normalized spacial score (nSPS) is 12.6. The second-order valence-corrected chi connectivity index (χ2v) is 5.99. The minimum atomic E-state index is -0.169. The molecule has 0 bridgehead atoms. The predicted octanol–water partition coefficient (Wildman–Crippen LogP) is 4.00. The summed E-state index contributed by atoms with van der Waals surface area (Å²) < 4.78 is 17.0. The van der Waals surface area contributed by atoms with Crippen LogP contribution in [0.4, 0.5) is 4.39 Å². The summed E-state index contributed by atoms with van der Waals surface area (Å²) in [5.41, 5.74) is 0.708. The first-order valence-corrected chi connectivity index (χ1v) is 8.06. The molecule has 0 spiro atoms. The molecule has 1 unspecified atom stereocenters. The fourth-order valence-corrected chi connectivity index (χ4v) is 3.04. The molecule has 3 nitrogen and oxygen atoms in total. The van der Waals surface area contributed by atoms with Crippen LogP contribution in [0.25, 0.3) is 0 Å². The van der Waals surface area contributed by atoms with Crippen LogP contribution < -0.4 is 5.32 Å². The maximum absolute atomic E-state index is 14.2. The van der Waals surface area contributed by atoms with Gasteiger partial charge in [-0.2, -0.15) is 0 Å². The highest BCUT2D eigenvalue weighted by Gasteiger charge is 2.18. The third-order valence-electron chi connectivity index (χ3n) is 3.57. The Balaban J connectivity index is 2.16. The molecule has 0 aliphatic rings. The number of imidazole rings is 1. The number of hydrogen-bond acceptors (Lipinski definition) is 2. The van der Waals surface area contributed by atoms with E-state index in [2.05, 4.69) is 33.2 Å². The van der Waals surface area contributed by atoms with Crippen LogP contribution in [0.5, 0.6) is 0 Å². The van der Waals surface area contributed by atoms with Crippen LogP contribution in [-0.4, -0.2) is 16.1 Å². The summed E-state index contributed by atoms with van der Waals surface area (Å²) in [5.74, 6) is 0.851. The molecule has 0 aliphatic heterocycles. The van der Waals surface area contributed by atoms with Crippen LogP contribution in [0, 0.1) is 5.82 Å². The number of benzene rings is 1. The number of hydrogen-bond donors (Lipinski definition) is 1. The highest BCUT2D eigenvalue weighted by Crippen LogP contribution is 2.29. The van der Waals surface area contributed by atoms with Crippen molar-refractivity contribution in [3.63, 3.8) is 0 Å². The number of halogens is 2. The third kappa shape index (κ3) is 4.14. The monoisotopic (exact) mass is 353 g/mol. The zero-order valence-corrected chi connectivity index (χ0v) is 14.0. The van der Waals surface area contributed by atoms with Crippen molar-refractivity contribution in [3.8, 4) is 0 Å². The molecule has 0 fully saturated rings. The van der Waals surface area contributed by atoms with Crippen LogP contribution in [0.2, 0.25) is 0 Å². The molecule has 0 radical (unpaired) electrons. The molecule has 1 atom stereocenters. The van der Waals surface area contributed by atoms with Gasteiger partial charge in [-0.25, -0.2) is 9.37 Å². The third-order valence-corrected chi connectivity index (χ3v) is 4.26. The van der Waals surface area contributed by atoms with Crippen molar-refractivity contribution in [1.29, 1.82) is 0 Å². The van der Waals surface area contributed by atoms with E-state index in [1.165, 1.54) is 6.07 Å². The van der Waals surface area contributed by atoms with E-state index in [4.69, 9.17) is 0 Å². The molecular weight excluding hydrogens is 333 g/mol. The largest absolute Gasteiger partial charge is 0.338 e. The smallest absolute Gasteiger partial charge is 0.129 e. The van der Waals surface area contributed by atoms with Crippen molar-refractivity contribution in [2.24, 2.45) is 7.05 Å². The lowest BCUT2D eigenvalue weighted by Crippen LogP contribution is -2.24. The second kappa shape index (κ2) is 7.71. The molecule has 1 aromatic heterocycles. The summed E-state index contributed by atoms with van der Waals surface area (Å²) in [4.78, 5) is 4.34. The molecule has 0 aliphatic carbocycles. The van der Waals surface area contributed by atoms with Gasteiger partial charge in [-0.3, -0.25) is 0 Å². The molecule has 0 saturated carbocycles. The van der Waals surface area contributed by atoms with Gasteiger partial charge in [0.2, 0.25) is 0 Å². The van der Waals surface area contributed by atoms with Gasteiger partial charge in [0.15, 0.2) is 0 Å². The quantitative estimate of drug-likeness (QED) is 0.815. The zero-order valence-electron chi connectivity index (χ0n) is 12.4. The summed E-state index contributed by atoms with van der Waals surface area (Å²) in [6.07, 6.45) is 6.37. The molecule has 1 heterocycles. The van der Waals surface area contributed by atoms with E-state index in [0.717, 1.165) is 36.1 Å². The minimum absolute atomic E-state index is 0.0165. The molecule has 2 rings (SSSR count). The Labute approximate surface area is 133 Å². The number of aryl methyl sites for hydroxylation is 2. The first-order valence-electron chi connectivity index (χ1n) is 7.27. The van der Waals surface area contributed by atoms with Gasteiger partial charge < -0.3 is 9.88 Å². The predicted molar refractivity (Wildman–Crippen MR) is 86.7 cm³/mol. The SMILES string of the molecule is CCCNC(CCc1nccn1C)c1c(F)cccc1Br. The Hall–Kier alpha value is -1.20. The first kappa shape index (κ1) is 16.2. The van der Waals surface area contributed by atoms with Crippen molar-refractivity contribution in [1.82, 2.24) is 14.9 Å². The van der Waals surface area contributed by atoms with Gasteiger partial charge in [0.1, 0.15) is 11.6 Å². The van der Waals surface area contributed by atoms with Gasteiger partial charge in [0.05, 0.1) is 0 Å². The minimum Gasteiger partial charge on any atom is -0.338 e. The van der Waals surface area contributed by atoms with E-state index in [0.29, 0.717) is 5.56 Å². The van der Waals surface area contributed by atoms with Crippen molar-refractivity contribution >= 4 is 15.9 Å². The first-order chi connectivity index (χ1) is 10.1. The van der Waals surface area contributed by atoms with Crippen molar-refractivity contribution in [2.45, 2.75) is 32.2 Å². The van der Waals surface area contributed by atoms with Gasteiger partial charge in [-0.05, 0) is 31.5 Å². The van der Waals surface area contributed by atoms with E-state index >= 15 is 0 Å². The zero-order chi connectivity index (χ0) is 15.2. The van der Waals surface area contributed by atoms with Gasteiger partial charge in [-0.15, -0.1) is 0 Å². The van der Waals surface area contributed by atoms with E-state index in [1.807, 2.05) is 23.9 Å². The Kier molecular flexibility index (Phi) is 5.94. The molecule has 21 heavy (non-hydrogen) atoms. The van der Waals surface area contributed by atoms with Gasteiger partial charge in [0, 0.05) is 41.9 Å². The topological polar surface area (TPSA) is 29.9 Å². The number of nitrogens with one attached hydrogen (secondary N) is 1. The Bertz CT molecular complexity index is 562. The summed E-state index contributed by atoms with van der Waals surface area (Å²) in [5, 5.41) is 3.44. The van der Waals surface area contributed by atoms with Gasteiger partial charge in [0.25, 0.3) is 0 Å². The second-order valence-electron chi connectivity index (χ2n) is 5.14. The van der Waals surface area contributed by atoms with Crippen molar-refractivity contribution in [2.75, 3.05) is 6.54 Å². The average molecular weight is 354 g/mol. The van der Waals surface area contributed by atoms with E-state index < -0.39 is 0 Å². The standard InChI is InChI=1S/C16H21BrFN3/c1-3-9-19-14(7-8-15-20-10-11-21(15)2)16-12(17)5-4-6-13(16)18/h4-6,10-11,14,19H,3,7-9H2,1-2H3. The highest BCUT2D eigenvalue weighted by atomic mass is 79.9. The fraction of sp³-hybridized carbons (Fsp3) is 0.438. The van der Waals surface area contributed by atoms with E-state index in [-0.39, 0.29) is 11.9 Å². The van der Waals surface area contributed by atoms with E-state index in [1.54, 1.807) is 12.3 Å². The number of nitrogens with zero attached hydrogens (tertiary/aromatic N) is 2. The summed E-state index contributed by atoms with van der Waals surface area (Å²) in [7, 11) is 1.98. The molecule has 0 saturated heterocycles. The molecule has 1 N–H and O–H groups in total. The van der Waals surface area contributed by atoms with Crippen LogP contribution >= 0.6 is 15.9 Å². The van der Waals surface area contributed by atoms with Gasteiger partial charge in [-0.1, -0.05) is 28.9 Å². The van der Waals surface area contributed by atoms with Crippen LogP contribution in [0.1, 0.15) is 37.2 Å². The molecule has 1 aromatic carbocycles.